The molecule has 364 valence electrons. The lowest BCUT2D eigenvalue weighted by Gasteiger charge is -2.38. The third-order valence-electron chi connectivity index (χ3n) is 10.8. The molecular weight excluding hydrogens is 957 g/mol. The predicted molar refractivity (Wildman–Crippen MR) is 239 cm³/mol. The summed E-state index contributed by atoms with van der Waals surface area (Å²) in [6.45, 7) is 1.65. The van der Waals surface area contributed by atoms with Crippen molar-refractivity contribution >= 4 is 37.7 Å². The van der Waals surface area contributed by atoms with E-state index in [9.17, 15) is 55.7 Å². The first-order chi connectivity index (χ1) is 32.2. The summed E-state index contributed by atoms with van der Waals surface area (Å²) in [4.78, 5) is 18.2. The van der Waals surface area contributed by atoms with E-state index in [2.05, 4.69) is 20.6 Å². The van der Waals surface area contributed by atoms with Gasteiger partial charge in [-0.15, -0.1) is 5.10 Å². The zero-order valence-corrected chi connectivity index (χ0v) is 38.9. The van der Waals surface area contributed by atoms with Gasteiger partial charge in [-0.25, -0.2) is 9.07 Å². The van der Waals surface area contributed by atoms with E-state index >= 15 is 0 Å². The van der Waals surface area contributed by atoms with E-state index in [1.807, 2.05) is 50.2 Å². The number of amides is 1. The second kappa shape index (κ2) is 22.1. The monoisotopic (exact) mass is 1000 g/mol. The number of nitrogens with zero attached hydrogens (tertiary/aromatic N) is 6. The minimum atomic E-state index is -5.27. The van der Waals surface area contributed by atoms with E-state index in [0.29, 0.717) is 28.1 Å². The van der Waals surface area contributed by atoms with Crippen LogP contribution in [0.4, 0.5) is 4.39 Å². The number of benzene rings is 3. The third kappa shape index (κ3) is 12.6. The molecule has 1 fully saturated rings. The number of hydrogen-bond donors (Lipinski definition) is 6. The Labute approximate surface area is 395 Å². The van der Waals surface area contributed by atoms with Crippen LogP contribution >= 0.6 is 11.6 Å². The van der Waals surface area contributed by atoms with Gasteiger partial charge in [0.25, 0.3) is 20.2 Å². The van der Waals surface area contributed by atoms with E-state index in [1.54, 1.807) is 24.3 Å². The Morgan fingerprint density at radius 2 is 1.62 bits per heavy atom. The molecule has 21 nitrogen and oxygen atoms in total. The number of ether oxygens (including phenoxy) is 4. The number of aliphatic hydroxyl groups excluding tert-OH is 3. The summed E-state index contributed by atoms with van der Waals surface area (Å²) in [5.74, 6) is 0.209. The average Bonchev–Trinajstić information content (AvgIpc) is 3.75. The number of alkyl halides is 1. The lowest BCUT2D eigenvalue weighted by atomic mass is 9.93. The third-order valence-corrected chi connectivity index (χ3v) is 14.3. The molecule has 1 saturated heterocycles. The molecule has 0 aliphatic carbocycles. The molecule has 0 bridgehead atoms. The fourth-order valence-electron chi connectivity index (χ4n) is 7.22. The van der Waals surface area contributed by atoms with Crippen LogP contribution in [-0.2, 0) is 56.1 Å². The van der Waals surface area contributed by atoms with Crippen LogP contribution in [0.5, 0.6) is 17.2 Å². The van der Waals surface area contributed by atoms with Gasteiger partial charge in [0.2, 0.25) is 10.5 Å². The molecule has 1 aliphatic heterocycles. The summed E-state index contributed by atoms with van der Waals surface area (Å²) in [5.41, 5.74) is 5.87. The molecule has 3 aromatic carbocycles. The number of hydrogen-bond acceptors (Lipinski definition) is 17. The number of carbonyl (C=O) groups is 1. The standard InChI is InChI=1S/C43H47ClFN7O14S2/c1-24-28(6-4-7-31(24)32-8-5-9-34(25(32)2)65-23-30-18-52(50-49-30)43-40(45)42(56)41(55)37(20-53)66-43)22-64-36-12-35(63-21-27-10-26(13-46)14-47-15-27)29(11-33(36)44)17-51(3)19-38(54)48-16-39(67(57,58)59)68(60,61)62/h4-12,14-15,18,37,39-43,53,55-56H,16-17,19-23H2,1-3H3,(H,48,54)(H,57,58,59)(H,60,61,62)/t37-,40-,41-,42-,43-/m1/s1. The zero-order chi connectivity index (χ0) is 49.5. The first-order valence-electron chi connectivity index (χ1n) is 20.5. The summed E-state index contributed by atoms with van der Waals surface area (Å²) < 4.78 is 102. The Balaban J connectivity index is 1.16. The Morgan fingerprint density at radius 3 is 2.31 bits per heavy atom. The van der Waals surface area contributed by atoms with E-state index in [0.717, 1.165) is 32.5 Å². The topological polar surface area (TPSA) is 306 Å². The van der Waals surface area contributed by atoms with Crippen molar-refractivity contribution in [2.24, 2.45) is 0 Å². The van der Waals surface area contributed by atoms with Crippen LogP contribution in [0, 0.1) is 25.2 Å². The summed E-state index contributed by atoms with van der Waals surface area (Å²) in [6.07, 6.45) is -3.82. The normalized spacial score (nSPS) is 18.6. The quantitative estimate of drug-likeness (QED) is 0.0611. The summed E-state index contributed by atoms with van der Waals surface area (Å²) in [5, 5.41) is 49.2. The van der Waals surface area contributed by atoms with Crippen LogP contribution in [0.15, 0.2) is 73.2 Å². The van der Waals surface area contributed by atoms with Crippen LogP contribution in [0.3, 0.4) is 0 Å². The number of halogens is 2. The lowest BCUT2D eigenvalue weighted by molar-refractivity contribution is -0.237. The van der Waals surface area contributed by atoms with Crippen molar-refractivity contribution in [3.05, 3.63) is 117 Å². The van der Waals surface area contributed by atoms with Gasteiger partial charge >= 0.3 is 0 Å². The summed E-state index contributed by atoms with van der Waals surface area (Å²) in [6, 6.07) is 18.0. The summed E-state index contributed by atoms with van der Waals surface area (Å²) >= 11 is 6.77. The smallest absolute Gasteiger partial charge is 0.286 e. The molecule has 1 aliphatic rings. The molecule has 0 spiro atoms. The maximum absolute atomic E-state index is 14.9. The largest absolute Gasteiger partial charge is 0.488 e. The number of aromatic nitrogens is 4. The molecule has 0 saturated carbocycles. The van der Waals surface area contributed by atoms with Gasteiger partial charge in [-0.3, -0.25) is 23.8 Å². The van der Waals surface area contributed by atoms with Crippen LogP contribution < -0.4 is 19.5 Å². The van der Waals surface area contributed by atoms with Crippen molar-refractivity contribution in [1.29, 1.82) is 5.26 Å². The Hall–Kier alpha value is -5.85. The van der Waals surface area contributed by atoms with Crippen LogP contribution in [-0.4, -0.2) is 128 Å². The maximum Gasteiger partial charge on any atom is 0.286 e. The van der Waals surface area contributed by atoms with Gasteiger partial charge in [-0.2, -0.15) is 22.1 Å². The first kappa shape index (κ1) is 51.5. The molecule has 1 amide bonds. The Bertz CT molecular complexity index is 2850. The highest BCUT2D eigenvalue weighted by Gasteiger charge is 2.46. The van der Waals surface area contributed by atoms with Crippen molar-refractivity contribution in [3.63, 3.8) is 0 Å². The van der Waals surface area contributed by atoms with E-state index in [-0.39, 0.29) is 42.9 Å². The highest BCUT2D eigenvalue weighted by Crippen LogP contribution is 2.37. The van der Waals surface area contributed by atoms with Gasteiger partial charge in [0.15, 0.2) is 12.4 Å². The van der Waals surface area contributed by atoms with Gasteiger partial charge in [0.1, 0.15) is 67.1 Å². The molecule has 3 heterocycles. The van der Waals surface area contributed by atoms with Gasteiger partial charge in [-0.05, 0) is 66.9 Å². The van der Waals surface area contributed by atoms with Crippen LogP contribution in [0.25, 0.3) is 11.1 Å². The fourth-order valence-corrected chi connectivity index (χ4v) is 9.28. The number of carbonyl (C=O) groups excluding carboxylic acids is 1. The molecular formula is C43H47ClFN7O14S2. The van der Waals surface area contributed by atoms with Crippen molar-refractivity contribution in [2.45, 2.75) is 75.5 Å². The minimum Gasteiger partial charge on any atom is -0.488 e. The van der Waals surface area contributed by atoms with Gasteiger partial charge in [-0.1, -0.05) is 47.1 Å². The number of rotatable bonds is 20. The van der Waals surface area contributed by atoms with Crippen molar-refractivity contribution in [3.8, 4) is 34.4 Å². The first-order valence-corrected chi connectivity index (χ1v) is 23.8. The zero-order valence-electron chi connectivity index (χ0n) is 36.5. The minimum absolute atomic E-state index is 0.0142. The van der Waals surface area contributed by atoms with E-state index in [4.69, 9.17) is 30.5 Å². The highest BCUT2D eigenvalue weighted by atomic mass is 35.5. The van der Waals surface area contributed by atoms with Crippen molar-refractivity contribution in [2.75, 3.05) is 26.7 Å². The van der Waals surface area contributed by atoms with E-state index in [1.165, 1.54) is 30.5 Å². The van der Waals surface area contributed by atoms with Crippen molar-refractivity contribution < 1.29 is 69.4 Å². The number of nitrogens with one attached hydrogen (secondary N) is 1. The molecule has 6 rings (SSSR count). The molecule has 2 aromatic heterocycles. The Kier molecular flexibility index (Phi) is 16.7. The van der Waals surface area contributed by atoms with Gasteiger partial charge < -0.3 is 39.6 Å². The molecule has 6 N–H and O–H groups in total. The Morgan fingerprint density at radius 1 is 0.941 bits per heavy atom. The molecule has 25 heteroatoms. The molecule has 68 heavy (non-hydrogen) atoms. The second-order valence-electron chi connectivity index (χ2n) is 15.8. The number of nitriles is 1. The molecule has 0 unspecified atom stereocenters. The predicted octanol–water partition coefficient (Wildman–Crippen LogP) is 2.82. The highest BCUT2D eigenvalue weighted by molar-refractivity contribution is 8.04. The molecule has 5 atom stereocenters. The van der Waals surface area contributed by atoms with Crippen LogP contribution in [0.2, 0.25) is 5.02 Å². The molecule has 5 aromatic rings. The van der Waals surface area contributed by atoms with Crippen molar-refractivity contribution in [1.82, 2.24) is 30.2 Å². The van der Waals surface area contributed by atoms with Crippen LogP contribution in [0.1, 0.15) is 45.3 Å². The number of likely N-dealkylation sites (N-methyl/N-ethyl adjacent to an activating group) is 1. The average molecular weight is 1000 g/mol. The van der Waals surface area contributed by atoms with Gasteiger partial charge in [0.05, 0.1) is 36.5 Å². The van der Waals surface area contributed by atoms with Gasteiger partial charge in [0, 0.05) is 36.1 Å². The SMILES string of the molecule is Cc1c(COc2cc(OCc3cncc(C#N)c3)c(CN(C)CC(=O)NCC(S(=O)(=O)O)S(=O)(=O)O)cc2Cl)cccc1-c1cccc(OCc2cn([C@@H]3O[C@H](CO)[C@@H](O)[C@H](O)[C@H]3F)nn2)c1C. The second-order valence-corrected chi connectivity index (χ2v) is 19.7. The summed E-state index contributed by atoms with van der Waals surface area (Å²) in [7, 11) is -9.01. The molecule has 0 radical (unpaired) electrons. The number of aliphatic hydroxyl groups is 3. The number of pyridine rings is 1. The maximum atomic E-state index is 14.9. The van der Waals surface area contributed by atoms with E-state index < -0.39 is 81.1 Å². The fraction of sp³-hybridized carbons (Fsp3) is 0.372. The lowest BCUT2D eigenvalue weighted by Crippen LogP contribution is -2.55.